The molecule has 7 nitrogen and oxygen atoms in total. The van der Waals surface area contributed by atoms with Crippen LogP contribution in [0.5, 0.6) is 0 Å². The van der Waals surface area contributed by atoms with Crippen LogP contribution in [0.1, 0.15) is 17.3 Å². The van der Waals surface area contributed by atoms with Crippen molar-refractivity contribution in [2.24, 2.45) is 0 Å². The number of benzene rings is 1. The summed E-state index contributed by atoms with van der Waals surface area (Å²) in [7, 11) is 0. The molecule has 1 atom stereocenters. The molecule has 2 heterocycles. The number of amides is 1. The van der Waals surface area contributed by atoms with Crippen molar-refractivity contribution in [1.82, 2.24) is 14.9 Å². The Kier molecular flexibility index (Phi) is 5.72. The summed E-state index contributed by atoms with van der Waals surface area (Å²) in [4.78, 5) is 37.0. The Morgan fingerprint density at radius 3 is 2.54 bits per heavy atom. The highest BCUT2D eigenvalue weighted by Gasteiger charge is 2.25. The zero-order valence-corrected chi connectivity index (χ0v) is 15.2. The van der Waals surface area contributed by atoms with E-state index < -0.39 is 11.2 Å². The lowest BCUT2D eigenvalue weighted by Gasteiger charge is -2.35. The molecular formula is C18H20N4O3S. The van der Waals surface area contributed by atoms with Crippen LogP contribution in [0.15, 0.2) is 47.8 Å². The summed E-state index contributed by atoms with van der Waals surface area (Å²) >= 11 is 1.19. The number of carboxylic acids is 1. The van der Waals surface area contributed by atoms with Crippen molar-refractivity contribution in [3.05, 3.63) is 48.4 Å². The van der Waals surface area contributed by atoms with Crippen molar-refractivity contribution in [1.29, 1.82) is 0 Å². The molecule has 1 aliphatic rings. The largest absolute Gasteiger partial charge is 0.480 e. The van der Waals surface area contributed by atoms with Gasteiger partial charge in [0.2, 0.25) is 0 Å². The highest BCUT2D eigenvalue weighted by Crippen LogP contribution is 2.28. The second kappa shape index (κ2) is 8.18. The van der Waals surface area contributed by atoms with Crippen molar-refractivity contribution in [3.8, 4) is 0 Å². The first kappa shape index (κ1) is 18.2. The number of carbonyl (C=O) groups is 2. The van der Waals surface area contributed by atoms with Gasteiger partial charge in [-0.2, -0.15) is 0 Å². The zero-order chi connectivity index (χ0) is 18.5. The van der Waals surface area contributed by atoms with Gasteiger partial charge < -0.3 is 14.9 Å². The molecule has 2 aromatic rings. The standard InChI is InChI=1S/C18H20N4O3S/c1-13(18(24)25)26-15-5-3-2-4-14(15)17(23)22-10-8-21(9-11-22)16-12-19-6-7-20-16/h2-7,12-13H,8-11H2,1H3,(H,24,25). The van der Waals surface area contributed by atoms with Gasteiger partial charge in [0.15, 0.2) is 0 Å². The molecule has 1 N–H and O–H groups in total. The van der Waals surface area contributed by atoms with E-state index in [9.17, 15) is 9.59 Å². The maximum Gasteiger partial charge on any atom is 0.316 e. The molecule has 0 bridgehead atoms. The van der Waals surface area contributed by atoms with Gasteiger partial charge in [-0.1, -0.05) is 12.1 Å². The second-order valence-electron chi connectivity index (χ2n) is 5.94. The molecule has 136 valence electrons. The van der Waals surface area contributed by atoms with Crippen molar-refractivity contribution in [2.45, 2.75) is 17.1 Å². The van der Waals surface area contributed by atoms with Crippen LogP contribution in [0.4, 0.5) is 5.82 Å². The van der Waals surface area contributed by atoms with E-state index in [-0.39, 0.29) is 5.91 Å². The van der Waals surface area contributed by atoms with Gasteiger partial charge in [0.1, 0.15) is 11.1 Å². The molecule has 8 heteroatoms. The molecule has 0 saturated carbocycles. The average Bonchev–Trinajstić information content (AvgIpc) is 2.68. The first-order chi connectivity index (χ1) is 12.6. The lowest BCUT2D eigenvalue weighted by Crippen LogP contribution is -2.49. The predicted molar refractivity (Wildman–Crippen MR) is 99.5 cm³/mol. The fourth-order valence-corrected chi connectivity index (χ4v) is 3.67. The molecule has 1 unspecified atom stereocenters. The summed E-state index contributed by atoms with van der Waals surface area (Å²) in [6, 6.07) is 7.18. The molecule has 3 rings (SSSR count). The van der Waals surface area contributed by atoms with Crippen LogP contribution in [-0.4, -0.2) is 63.3 Å². The normalized spacial score (nSPS) is 15.6. The Labute approximate surface area is 156 Å². The Balaban J connectivity index is 1.68. The number of aliphatic carboxylic acids is 1. The minimum absolute atomic E-state index is 0.0653. The summed E-state index contributed by atoms with van der Waals surface area (Å²) in [6.45, 7) is 4.16. The molecule has 0 spiro atoms. The van der Waals surface area contributed by atoms with Crippen LogP contribution < -0.4 is 4.90 Å². The van der Waals surface area contributed by atoms with E-state index >= 15 is 0 Å². The monoisotopic (exact) mass is 372 g/mol. The van der Waals surface area contributed by atoms with E-state index in [1.54, 1.807) is 48.6 Å². The Morgan fingerprint density at radius 1 is 1.15 bits per heavy atom. The van der Waals surface area contributed by atoms with E-state index in [1.165, 1.54) is 11.8 Å². The molecule has 0 aliphatic carbocycles. The smallest absolute Gasteiger partial charge is 0.316 e. The van der Waals surface area contributed by atoms with Gasteiger partial charge in [-0.25, -0.2) is 4.98 Å². The summed E-state index contributed by atoms with van der Waals surface area (Å²) < 4.78 is 0. The number of hydrogen-bond acceptors (Lipinski definition) is 6. The number of hydrogen-bond donors (Lipinski definition) is 1. The number of anilines is 1. The molecule has 1 aliphatic heterocycles. The van der Waals surface area contributed by atoms with Crippen LogP contribution in [0.25, 0.3) is 0 Å². The minimum Gasteiger partial charge on any atom is -0.480 e. The van der Waals surface area contributed by atoms with Gasteiger partial charge in [-0.15, -0.1) is 11.8 Å². The van der Waals surface area contributed by atoms with Gasteiger partial charge in [0.05, 0.1) is 11.8 Å². The van der Waals surface area contributed by atoms with E-state index in [1.807, 2.05) is 6.07 Å². The SMILES string of the molecule is CC(Sc1ccccc1C(=O)N1CCN(c2cnccn2)CC1)C(=O)O. The van der Waals surface area contributed by atoms with Crippen molar-refractivity contribution >= 4 is 29.5 Å². The minimum atomic E-state index is -0.894. The van der Waals surface area contributed by atoms with Gasteiger partial charge in [-0.3, -0.25) is 14.6 Å². The molecule has 1 amide bonds. The van der Waals surface area contributed by atoms with E-state index in [4.69, 9.17) is 5.11 Å². The second-order valence-corrected chi connectivity index (χ2v) is 7.32. The number of carbonyl (C=O) groups excluding carboxylic acids is 1. The highest BCUT2D eigenvalue weighted by atomic mass is 32.2. The highest BCUT2D eigenvalue weighted by molar-refractivity contribution is 8.00. The Hall–Kier alpha value is -2.61. The maximum atomic E-state index is 12.9. The summed E-state index contributed by atoms with van der Waals surface area (Å²) in [5.41, 5.74) is 0.554. The lowest BCUT2D eigenvalue weighted by atomic mass is 10.2. The predicted octanol–water partition coefficient (Wildman–Crippen LogP) is 2.00. The van der Waals surface area contributed by atoms with Gasteiger partial charge >= 0.3 is 5.97 Å². The third-order valence-electron chi connectivity index (χ3n) is 4.21. The molecule has 1 fully saturated rings. The first-order valence-electron chi connectivity index (χ1n) is 8.35. The van der Waals surface area contributed by atoms with Crippen LogP contribution in [0, 0.1) is 0 Å². The maximum absolute atomic E-state index is 12.9. The Bertz CT molecular complexity index is 779. The quantitative estimate of drug-likeness (QED) is 0.803. The topological polar surface area (TPSA) is 86.6 Å². The average molecular weight is 372 g/mol. The van der Waals surface area contributed by atoms with Gasteiger partial charge in [0, 0.05) is 43.5 Å². The third-order valence-corrected chi connectivity index (χ3v) is 5.37. The zero-order valence-electron chi connectivity index (χ0n) is 14.4. The number of thioether (sulfide) groups is 1. The first-order valence-corrected chi connectivity index (χ1v) is 9.23. The Morgan fingerprint density at radius 2 is 1.88 bits per heavy atom. The summed E-state index contributed by atoms with van der Waals surface area (Å²) in [5.74, 6) is -0.148. The van der Waals surface area contributed by atoms with E-state index in [0.717, 1.165) is 5.82 Å². The summed E-state index contributed by atoms with van der Waals surface area (Å²) in [5, 5.41) is 8.51. The van der Waals surface area contributed by atoms with Crippen LogP contribution in [0.3, 0.4) is 0 Å². The lowest BCUT2D eigenvalue weighted by molar-refractivity contribution is -0.136. The van der Waals surface area contributed by atoms with Crippen molar-refractivity contribution in [3.63, 3.8) is 0 Å². The van der Waals surface area contributed by atoms with Crippen LogP contribution in [0.2, 0.25) is 0 Å². The number of nitrogens with zero attached hydrogens (tertiary/aromatic N) is 4. The summed E-state index contributed by atoms with van der Waals surface area (Å²) in [6.07, 6.45) is 5.01. The van der Waals surface area contributed by atoms with Crippen molar-refractivity contribution < 1.29 is 14.7 Å². The van der Waals surface area contributed by atoms with Crippen LogP contribution >= 0.6 is 11.8 Å². The number of rotatable bonds is 5. The van der Waals surface area contributed by atoms with Gasteiger partial charge in [0.25, 0.3) is 5.91 Å². The molecule has 1 aromatic carbocycles. The molecule has 1 aromatic heterocycles. The van der Waals surface area contributed by atoms with Crippen molar-refractivity contribution in [2.75, 3.05) is 31.1 Å². The fraction of sp³-hybridized carbons (Fsp3) is 0.333. The van der Waals surface area contributed by atoms with Gasteiger partial charge in [-0.05, 0) is 19.1 Å². The third kappa shape index (κ3) is 4.13. The van der Waals surface area contributed by atoms with E-state index in [0.29, 0.717) is 36.6 Å². The molecule has 26 heavy (non-hydrogen) atoms. The molecule has 1 saturated heterocycles. The molecular weight excluding hydrogens is 352 g/mol. The number of aromatic nitrogens is 2. The number of carboxylic acid groups (broad SMARTS) is 1. The van der Waals surface area contributed by atoms with E-state index in [2.05, 4.69) is 14.9 Å². The number of piperazine rings is 1. The fourth-order valence-electron chi connectivity index (χ4n) is 2.75. The molecule has 0 radical (unpaired) electrons. The van der Waals surface area contributed by atoms with Crippen LogP contribution in [-0.2, 0) is 4.79 Å².